The lowest BCUT2D eigenvalue weighted by molar-refractivity contribution is 0.865. The Hall–Kier alpha value is -1.61. The van der Waals surface area contributed by atoms with Crippen molar-refractivity contribution >= 4 is 0 Å². The van der Waals surface area contributed by atoms with Crippen LogP contribution < -0.4 is 5.73 Å². The number of aromatic nitrogens is 2. The molecule has 1 aliphatic carbocycles. The third-order valence-electron chi connectivity index (χ3n) is 3.08. The molecule has 0 amide bonds. The van der Waals surface area contributed by atoms with Gasteiger partial charge < -0.3 is 10.3 Å². The number of nitrogens with two attached hydrogens (primary N) is 1. The summed E-state index contributed by atoms with van der Waals surface area (Å²) in [6.07, 6.45) is 6.44. The van der Waals surface area contributed by atoms with Crippen molar-refractivity contribution in [3.8, 4) is 5.69 Å². The lowest BCUT2D eigenvalue weighted by Gasteiger charge is -2.11. The number of rotatable bonds is 3. The van der Waals surface area contributed by atoms with Crippen molar-refractivity contribution in [2.45, 2.75) is 25.3 Å². The van der Waals surface area contributed by atoms with Crippen LogP contribution in [-0.2, 0) is 6.54 Å². The number of imidazole rings is 1. The standard InChI is InChI=1S/C13H15N3/c14-9-11-3-1-2-4-12(11)16-8-7-15-13(16)10-5-6-10/h1-4,7-8,10H,5-6,9,14H2. The number of hydrogen-bond acceptors (Lipinski definition) is 2. The Balaban J connectivity index is 2.10. The number of benzene rings is 1. The minimum atomic E-state index is 0.568. The van der Waals surface area contributed by atoms with Gasteiger partial charge in [0, 0.05) is 24.9 Å². The first kappa shape index (κ1) is 9.60. The van der Waals surface area contributed by atoms with Gasteiger partial charge in [-0.05, 0) is 24.5 Å². The molecule has 0 saturated heterocycles. The summed E-state index contributed by atoms with van der Waals surface area (Å²) in [7, 11) is 0. The molecule has 3 heteroatoms. The molecule has 0 radical (unpaired) electrons. The summed E-state index contributed by atoms with van der Waals surface area (Å²) in [6.45, 7) is 0.568. The Labute approximate surface area is 94.9 Å². The molecule has 2 N–H and O–H groups in total. The summed E-state index contributed by atoms with van der Waals surface area (Å²) in [4.78, 5) is 4.45. The van der Waals surface area contributed by atoms with Gasteiger partial charge in [0.05, 0.1) is 5.69 Å². The average Bonchev–Trinajstić information content (AvgIpc) is 3.07. The molecule has 0 spiro atoms. The van der Waals surface area contributed by atoms with Gasteiger partial charge in [-0.25, -0.2) is 4.98 Å². The maximum atomic E-state index is 5.76. The van der Waals surface area contributed by atoms with Crippen LogP contribution in [-0.4, -0.2) is 9.55 Å². The van der Waals surface area contributed by atoms with Crippen LogP contribution in [0.3, 0.4) is 0 Å². The van der Waals surface area contributed by atoms with Gasteiger partial charge in [0.25, 0.3) is 0 Å². The van der Waals surface area contributed by atoms with Crippen LogP contribution in [0.4, 0.5) is 0 Å². The second-order valence-corrected chi connectivity index (χ2v) is 4.26. The highest BCUT2D eigenvalue weighted by Crippen LogP contribution is 2.40. The molecule has 1 heterocycles. The molecule has 2 aromatic rings. The van der Waals surface area contributed by atoms with Crippen molar-refractivity contribution < 1.29 is 0 Å². The van der Waals surface area contributed by atoms with Crippen molar-refractivity contribution in [2.75, 3.05) is 0 Å². The van der Waals surface area contributed by atoms with E-state index in [1.54, 1.807) is 0 Å². The van der Waals surface area contributed by atoms with Gasteiger partial charge in [0.1, 0.15) is 5.82 Å². The van der Waals surface area contributed by atoms with Crippen LogP contribution in [0.25, 0.3) is 5.69 Å². The quantitative estimate of drug-likeness (QED) is 0.849. The molecule has 1 aromatic carbocycles. The fourth-order valence-corrected chi connectivity index (χ4v) is 2.08. The van der Waals surface area contributed by atoms with Crippen molar-refractivity contribution in [1.29, 1.82) is 0 Å². The molecular formula is C13H15N3. The van der Waals surface area contributed by atoms with Crippen LogP contribution in [0, 0.1) is 0 Å². The lowest BCUT2D eigenvalue weighted by Crippen LogP contribution is -2.06. The Bertz CT molecular complexity index is 497. The summed E-state index contributed by atoms with van der Waals surface area (Å²) < 4.78 is 2.18. The summed E-state index contributed by atoms with van der Waals surface area (Å²) in [5.41, 5.74) is 8.10. The minimum absolute atomic E-state index is 0.568. The van der Waals surface area contributed by atoms with Crippen molar-refractivity contribution in [3.63, 3.8) is 0 Å². The van der Waals surface area contributed by atoms with Gasteiger partial charge in [0.15, 0.2) is 0 Å². The Kier molecular flexibility index (Phi) is 2.26. The second kappa shape index (κ2) is 3.76. The van der Waals surface area contributed by atoms with Crippen molar-refractivity contribution in [2.24, 2.45) is 5.73 Å². The Morgan fingerprint density at radius 2 is 2.12 bits per heavy atom. The largest absolute Gasteiger partial charge is 0.326 e. The normalized spacial score (nSPS) is 15.3. The fraction of sp³-hybridized carbons (Fsp3) is 0.308. The van der Waals surface area contributed by atoms with Crippen LogP contribution >= 0.6 is 0 Å². The van der Waals surface area contributed by atoms with Crippen LogP contribution in [0.1, 0.15) is 30.1 Å². The predicted molar refractivity (Wildman–Crippen MR) is 63.4 cm³/mol. The number of nitrogens with zero attached hydrogens (tertiary/aromatic N) is 2. The third kappa shape index (κ3) is 1.53. The zero-order valence-corrected chi connectivity index (χ0v) is 9.13. The van der Waals surface area contributed by atoms with Gasteiger partial charge in [-0.2, -0.15) is 0 Å². The molecule has 82 valence electrons. The molecule has 0 atom stereocenters. The molecule has 3 rings (SSSR count). The molecule has 1 saturated carbocycles. The van der Waals surface area contributed by atoms with E-state index in [1.165, 1.54) is 29.9 Å². The van der Waals surface area contributed by atoms with Gasteiger partial charge in [-0.15, -0.1) is 0 Å². The van der Waals surface area contributed by atoms with Crippen LogP contribution in [0.2, 0.25) is 0 Å². The summed E-state index contributed by atoms with van der Waals surface area (Å²) in [6, 6.07) is 8.26. The summed E-state index contributed by atoms with van der Waals surface area (Å²) in [5, 5.41) is 0. The van der Waals surface area contributed by atoms with E-state index in [9.17, 15) is 0 Å². The zero-order chi connectivity index (χ0) is 11.0. The predicted octanol–water partition coefficient (Wildman–Crippen LogP) is 2.21. The van der Waals surface area contributed by atoms with E-state index in [-0.39, 0.29) is 0 Å². The molecule has 3 nitrogen and oxygen atoms in total. The molecule has 1 aromatic heterocycles. The van der Waals surface area contributed by atoms with Gasteiger partial charge in [0.2, 0.25) is 0 Å². The van der Waals surface area contributed by atoms with Gasteiger partial charge in [-0.1, -0.05) is 18.2 Å². The van der Waals surface area contributed by atoms with Crippen molar-refractivity contribution in [1.82, 2.24) is 9.55 Å². The van der Waals surface area contributed by atoms with Crippen molar-refractivity contribution in [3.05, 3.63) is 48.0 Å². The van der Waals surface area contributed by atoms with E-state index >= 15 is 0 Å². The van der Waals surface area contributed by atoms with E-state index in [1.807, 2.05) is 24.5 Å². The molecule has 0 bridgehead atoms. The molecule has 1 aliphatic rings. The van der Waals surface area contributed by atoms with Crippen LogP contribution in [0.5, 0.6) is 0 Å². The summed E-state index contributed by atoms with van der Waals surface area (Å²) >= 11 is 0. The second-order valence-electron chi connectivity index (χ2n) is 4.26. The molecule has 1 fully saturated rings. The summed E-state index contributed by atoms with van der Waals surface area (Å²) in [5.74, 6) is 1.83. The molecule has 0 unspecified atom stereocenters. The average molecular weight is 213 g/mol. The topological polar surface area (TPSA) is 43.8 Å². The van der Waals surface area contributed by atoms with E-state index < -0.39 is 0 Å². The van der Waals surface area contributed by atoms with E-state index in [0.717, 1.165) is 0 Å². The Morgan fingerprint density at radius 3 is 2.88 bits per heavy atom. The van der Waals surface area contributed by atoms with E-state index in [4.69, 9.17) is 5.73 Å². The number of para-hydroxylation sites is 1. The molecule has 0 aliphatic heterocycles. The van der Waals surface area contributed by atoms with Crippen LogP contribution in [0.15, 0.2) is 36.7 Å². The highest BCUT2D eigenvalue weighted by Gasteiger charge is 2.28. The Morgan fingerprint density at radius 1 is 1.31 bits per heavy atom. The fourth-order valence-electron chi connectivity index (χ4n) is 2.08. The third-order valence-corrected chi connectivity index (χ3v) is 3.08. The zero-order valence-electron chi connectivity index (χ0n) is 9.13. The SMILES string of the molecule is NCc1ccccc1-n1ccnc1C1CC1. The minimum Gasteiger partial charge on any atom is -0.326 e. The highest BCUT2D eigenvalue weighted by atomic mass is 15.1. The first-order chi connectivity index (χ1) is 7.90. The first-order valence-corrected chi connectivity index (χ1v) is 5.71. The van der Waals surface area contributed by atoms with E-state index in [0.29, 0.717) is 12.5 Å². The molecule has 16 heavy (non-hydrogen) atoms. The highest BCUT2D eigenvalue weighted by molar-refractivity contribution is 5.42. The monoisotopic (exact) mass is 213 g/mol. The maximum absolute atomic E-state index is 5.76. The van der Waals surface area contributed by atoms with E-state index in [2.05, 4.69) is 21.7 Å². The van der Waals surface area contributed by atoms with Gasteiger partial charge >= 0.3 is 0 Å². The number of hydrogen-bond donors (Lipinski definition) is 1. The molecular weight excluding hydrogens is 198 g/mol. The smallest absolute Gasteiger partial charge is 0.116 e. The lowest BCUT2D eigenvalue weighted by atomic mass is 10.1. The maximum Gasteiger partial charge on any atom is 0.116 e. The first-order valence-electron chi connectivity index (χ1n) is 5.71. The van der Waals surface area contributed by atoms with Gasteiger partial charge in [-0.3, -0.25) is 0 Å².